The van der Waals surface area contributed by atoms with Gasteiger partial charge in [-0.15, -0.1) is 0 Å². The highest BCUT2D eigenvalue weighted by Crippen LogP contribution is 2.29. The van der Waals surface area contributed by atoms with E-state index in [1.165, 1.54) is 38.8 Å². The van der Waals surface area contributed by atoms with Crippen LogP contribution in [0.3, 0.4) is 0 Å². The van der Waals surface area contributed by atoms with Gasteiger partial charge in [-0.25, -0.2) is 8.42 Å². The zero-order valence-electron chi connectivity index (χ0n) is 12.4. The van der Waals surface area contributed by atoms with Crippen LogP contribution in [-0.2, 0) is 10.0 Å². The second kappa shape index (κ2) is 5.85. The van der Waals surface area contributed by atoms with Gasteiger partial charge in [0.05, 0.1) is 6.26 Å². The largest absolute Gasteiger partial charge is 0.381 e. The lowest BCUT2D eigenvalue weighted by molar-refractivity contribution is 0.193. The minimum Gasteiger partial charge on any atom is -0.381 e. The van der Waals surface area contributed by atoms with Crippen molar-refractivity contribution in [1.29, 1.82) is 0 Å². The Kier molecular flexibility index (Phi) is 4.08. The zero-order valence-corrected chi connectivity index (χ0v) is 13.2. The lowest BCUT2D eigenvalue weighted by Gasteiger charge is -2.33. The van der Waals surface area contributed by atoms with E-state index in [4.69, 9.17) is 0 Å². The van der Waals surface area contributed by atoms with Crippen molar-refractivity contribution in [2.75, 3.05) is 29.4 Å². The van der Waals surface area contributed by atoms with Crippen LogP contribution in [0.2, 0.25) is 0 Å². The number of sulfonamides is 1. The molecule has 2 aliphatic heterocycles. The predicted molar refractivity (Wildman–Crippen MR) is 86.1 cm³/mol. The van der Waals surface area contributed by atoms with E-state index in [9.17, 15) is 8.42 Å². The summed E-state index contributed by atoms with van der Waals surface area (Å²) in [4.78, 5) is 2.60. The molecule has 2 saturated heterocycles. The van der Waals surface area contributed by atoms with Gasteiger partial charge in [-0.05, 0) is 50.1 Å². The molecule has 3 rings (SSSR count). The molecule has 0 bridgehead atoms. The summed E-state index contributed by atoms with van der Waals surface area (Å²) >= 11 is 0. The third-order valence-corrected chi connectivity index (χ3v) is 5.00. The van der Waals surface area contributed by atoms with E-state index in [1.807, 2.05) is 12.1 Å². The van der Waals surface area contributed by atoms with Crippen molar-refractivity contribution in [2.24, 2.45) is 0 Å². The monoisotopic (exact) mass is 309 g/mol. The summed E-state index contributed by atoms with van der Waals surface area (Å²) in [5.41, 5.74) is 1.67. The molecule has 6 heteroatoms. The van der Waals surface area contributed by atoms with Gasteiger partial charge in [-0.1, -0.05) is 6.42 Å². The van der Waals surface area contributed by atoms with Crippen LogP contribution < -0.4 is 10.0 Å². The van der Waals surface area contributed by atoms with Gasteiger partial charge in [-0.2, -0.15) is 0 Å². The van der Waals surface area contributed by atoms with Gasteiger partial charge in [0.25, 0.3) is 0 Å². The standard InChI is InChI=1S/C15H23N3O2S/c1-21(19,20)17-13-7-5-12(6-8-13)16-14-9-11-18-10-3-2-4-15(14)18/h5-8,14-17H,2-4,9-11H2,1H3. The summed E-state index contributed by atoms with van der Waals surface area (Å²) in [5, 5.41) is 3.61. The number of hydrogen-bond donors (Lipinski definition) is 2. The Morgan fingerprint density at radius 3 is 2.48 bits per heavy atom. The van der Waals surface area contributed by atoms with Gasteiger partial charge >= 0.3 is 0 Å². The van der Waals surface area contributed by atoms with E-state index >= 15 is 0 Å². The lowest BCUT2D eigenvalue weighted by atomic mass is 9.99. The molecule has 1 aromatic rings. The summed E-state index contributed by atoms with van der Waals surface area (Å²) in [6.07, 6.45) is 6.29. The molecule has 0 aliphatic carbocycles. The lowest BCUT2D eigenvalue weighted by Crippen LogP contribution is -2.41. The van der Waals surface area contributed by atoms with E-state index in [1.54, 1.807) is 12.1 Å². The Hall–Kier alpha value is -1.27. The second-order valence-electron chi connectivity index (χ2n) is 6.09. The highest BCUT2D eigenvalue weighted by Gasteiger charge is 2.35. The van der Waals surface area contributed by atoms with Crippen molar-refractivity contribution in [3.05, 3.63) is 24.3 Å². The molecule has 0 saturated carbocycles. The van der Waals surface area contributed by atoms with Gasteiger partial charge in [0.15, 0.2) is 0 Å². The Morgan fingerprint density at radius 1 is 1.05 bits per heavy atom. The highest BCUT2D eigenvalue weighted by atomic mass is 32.2. The number of anilines is 2. The van der Waals surface area contributed by atoms with Crippen molar-refractivity contribution in [3.63, 3.8) is 0 Å². The van der Waals surface area contributed by atoms with Crippen LogP contribution in [0.5, 0.6) is 0 Å². The maximum atomic E-state index is 11.2. The molecule has 2 fully saturated rings. The SMILES string of the molecule is CS(=O)(=O)Nc1ccc(NC2CCN3CCCCC23)cc1. The molecule has 5 nitrogen and oxygen atoms in total. The Balaban J connectivity index is 1.63. The van der Waals surface area contributed by atoms with Crippen LogP contribution in [0.25, 0.3) is 0 Å². The number of piperidine rings is 1. The number of nitrogens with zero attached hydrogens (tertiary/aromatic N) is 1. The van der Waals surface area contributed by atoms with Gasteiger partial charge in [0, 0.05) is 30.0 Å². The predicted octanol–water partition coefficient (Wildman–Crippen LogP) is 2.10. The topological polar surface area (TPSA) is 61.4 Å². The molecule has 116 valence electrons. The molecule has 1 aromatic carbocycles. The molecular formula is C15H23N3O2S. The average Bonchev–Trinajstić information content (AvgIpc) is 2.83. The molecule has 2 aliphatic rings. The molecule has 0 spiro atoms. The summed E-state index contributed by atoms with van der Waals surface area (Å²) < 4.78 is 24.9. The molecule has 2 heterocycles. The van der Waals surface area contributed by atoms with Gasteiger partial charge in [0.2, 0.25) is 10.0 Å². The third-order valence-electron chi connectivity index (χ3n) is 4.40. The minimum atomic E-state index is -3.21. The number of hydrogen-bond acceptors (Lipinski definition) is 4. The van der Waals surface area contributed by atoms with Crippen LogP contribution in [0.15, 0.2) is 24.3 Å². The van der Waals surface area contributed by atoms with Crippen LogP contribution in [0, 0.1) is 0 Å². The van der Waals surface area contributed by atoms with Crippen molar-refractivity contribution < 1.29 is 8.42 Å². The van der Waals surface area contributed by atoms with Gasteiger partial charge < -0.3 is 5.32 Å². The number of fused-ring (bicyclic) bond motifs is 1. The van der Waals surface area contributed by atoms with Crippen molar-refractivity contribution in [2.45, 2.75) is 37.8 Å². The molecule has 0 amide bonds. The maximum Gasteiger partial charge on any atom is 0.229 e. The quantitative estimate of drug-likeness (QED) is 0.894. The molecule has 2 unspecified atom stereocenters. The molecular weight excluding hydrogens is 286 g/mol. The van der Waals surface area contributed by atoms with Crippen LogP contribution in [-0.4, -0.2) is 44.7 Å². The molecule has 0 aromatic heterocycles. The first-order valence-electron chi connectivity index (χ1n) is 7.60. The minimum absolute atomic E-state index is 0.513. The van der Waals surface area contributed by atoms with Crippen LogP contribution >= 0.6 is 0 Å². The van der Waals surface area contributed by atoms with Crippen molar-refractivity contribution >= 4 is 21.4 Å². The fraction of sp³-hybridized carbons (Fsp3) is 0.600. The van der Waals surface area contributed by atoms with Crippen molar-refractivity contribution in [3.8, 4) is 0 Å². The second-order valence-corrected chi connectivity index (χ2v) is 7.84. The fourth-order valence-corrected chi connectivity index (χ4v) is 4.04. The zero-order chi connectivity index (χ0) is 14.9. The van der Waals surface area contributed by atoms with E-state index in [0.717, 1.165) is 11.9 Å². The Morgan fingerprint density at radius 2 is 1.76 bits per heavy atom. The first-order valence-corrected chi connectivity index (χ1v) is 9.49. The van der Waals surface area contributed by atoms with E-state index < -0.39 is 10.0 Å². The van der Waals surface area contributed by atoms with E-state index in [2.05, 4.69) is 14.9 Å². The third kappa shape index (κ3) is 3.68. The number of rotatable bonds is 4. The van der Waals surface area contributed by atoms with Gasteiger partial charge in [-0.3, -0.25) is 9.62 Å². The normalized spacial score (nSPS) is 26.3. The van der Waals surface area contributed by atoms with E-state index in [-0.39, 0.29) is 0 Å². The number of benzene rings is 1. The molecule has 0 radical (unpaired) electrons. The average molecular weight is 309 g/mol. The smallest absolute Gasteiger partial charge is 0.229 e. The summed E-state index contributed by atoms with van der Waals surface area (Å²) in [6.45, 7) is 2.43. The Bertz CT molecular complexity index is 585. The van der Waals surface area contributed by atoms with Crippen LogP contribution in [0.4, 0.5) is 11.4 Å². The van der Waals surface area contributed by atoms with Crippen LogP contribution in [0.1, 0.15) is 25.7 Å². The molecule has 2 atom stereocenters. The molecule has 21 heavy (non-hydrogen) atoms. The first kappa shape index (κ1) is 14.7. The molecule has 2 N–H and O–H groups in total. The number of nitrogens with one attached hydrogen (secondary N) is 2. The van der Waals surface area contributed by atoms with E-state index in [0.29, 0.717) is 17.8 Å². The summed E-state index contributed by atoms with van der Waals surface area (Å²) in [5.74, 6) is 0. The highest BCUT2D eigenvalue weighted by molar-refractivity contribution is 7.92. The van der Waals surface area contributed by atoms with Gasteiger partial charge in [0.1, 0.15) is 0 Å². The maximum absolute atomic E-state index is 11.2. The summed E-state index contributed by atoms with van der Waals surface area (Å²) in [7, 11) is -3.21. The Labute approximate surface area is 126 Å². The fourth-order valence-electron chi connectivity index (χ4n) is 3.48. The summed E-state index contributed by atoms with van der Waals surface area (Å²) in [6, 6.07) is 8.66. The first-order chi connectivity index (χ1) is 10.0. The van der Waals surface area contributed by atoms with Crippen molar-refractivity contribution in [1.82, 2.24) is 4.90 Å².